The van der Waals surface area contributed by atoms with Crippen LogP contribution in [0.5, 0.6) is 0 Å². The van der Waals surface area contributed by atoms with Crippen molar-refractivity contribution in [3.05, 3.63) is 34.9 Å². The summed E-state index contributed by atoms with van der Waals surface area (Å²) < 4.78 is 4.72. The molecule has 2 aliphatic rings. The number of rotatable bonds is 9. The average molecular weight is 535 g/mol. The molecule has 37 heavy (non-hydrogen) atoms. The summed E-state index contributed by atoms with van der Waals surface area (Å²) in [5.74, 6) is -0.431. The van der Waals surface area contributed by atoms with Gasteiger partial charge in [-0.1, -0.05) is 43.0 Å². The summed E-state index contributed by atoms with van der Waals surface area (Å²) in [7, 11) is 1.32. The summed E-state index contributed by atoms with van der Waals surface area (Å²) in [5, 5.41) is 5.53. The topological polar surface area (TPSA) is 91.0 Å². The molecule has 1 heterocycles. The van der Waals surface area contributed by atoms with E-state index in [9.17, 15) is 14.4 Å². The lowest BCUT2D eigenvalue weighted by molar-refractivity contribution is -0.147. The van der Waals surface area contributed by atoms with E-state index in [1.54, 1.807) is 12.1 Å². The van der Waals surface area contributed by atoms with Crippen molar-refractivity contribution in [1.29, 1.82) is 0 Å². The maximum Gasteiger partial charge on any atom is 0.319 e. The summed E-state index contributed by atoms with van der Waals surface area (Å²) in [4.78, 5) is 40.7. The lowest BCUT2D eigenvalue weighted by Gasteiger charge is -2.46. The molecule has 2 N–H and O–H groups in total. The van der Waals surface area contributed by atoms with Crippen molar-refractivity contribution in [3.63, 3.8) is 0 Å². The molecule has 1 aromatic rings. The number of amides is 2. The van der Waals surface area contributed by atoms with Gasteiger partial charge in [0.1, 0.15) is 0 Å². The summed E-state index contributed by atoms with van der Waals surface area (Å²) in [6.07, 6.45) is 7.63. The molecular weight excluding hydrogens is 492 g/mol. The van der Waals surface area contributed by atoms with Gasteiger partial charge in [-0.2, -0.15) is 0 Å². The molecule has 2 fully saturated rings. The quantitative estimate of drug-likeness (QED) is 0.469. The summed E-state index contributed by atoms with van der Waals surface area (Å²) in [6.45, 7) is 7.55. The van der Waals surface area contributed by atoms with E-state index < -0.39 is 12.0 Å². The standard InChI is InChI=1S/C28H43ClN4O4/c1-28(2,3)33(23-8-6-5-7-9-23)27(36)21-14-16-32(17-15-21)31-26(35)24(30-19-25(34)37-4)18-20-10-12-22(29)13-11-20/h10-13,21,23-24,30H,5-9,14-19H2,1-4H3,(H,31,35)/t24-/m1/s1. The highest BCUT2D eigenvalue weighted by atomic mass is 35.5. The van der Waals surface area contributed by atoms with Gasteiger partial charge >= 0.3 is 5.97 Å². The number of carbonyl (C=O) groups excluding carboxylic acids is 3. The Morgan fingerprint density at radius 2 is 1.68 bits per heavy atom. The molecule has 8 nitrogen and oxygen atoms in total. The third kappa shape index (κ3) is 8.69. The Balaban J connectivity index is 1.58. The van der Waals surface area contributed by atoms with Crippen LogP contribution in [-0.2, 0) is 25.5 Å². The number of hydrogen-bond acceptors (Lipinski definition) is 6. The van der Waals surface area contributed by atoms with Crippen LogP contribution in [0.2, 0.25) is 5.02 Å². The number of benzene rings is 1. The van der Waals surface area contributed by atoms with Crippen LogP contribution in [-0.4, -0.2) is 72.1 Å². The fraction of sp³-hybridized carbons (Fsp3) is 0.679. The molecule has 1 aliphatic carbocycles. The zero-order valence-corrected chi connectivity index (χ0v) is 23.5. The Morgan fingerprint density at radius 1 is 1.05 bits per heavy atom. The highest BCUT2D eigenvalue weighted by molar-refractivity contribution is 6.30. The van der Waals surface area contributed by atoms with Crippen molar-refractivity contribution in [1.82, 2.24) is 20.7 Å². The Kier molecular flexibility index (Phi) is 10.8. The molecule has 9 heteroatoms. The zero-order chi connectivity index (χ0) is 27.0. The molecule has 1 atom stereocenters. The molecule has 1 saturated heterocycles. The normalized spacial score (nSPS) is 18.7. The fourth-order valence-electron chi connectivity index (χ4n) is 5.46. The van der Waals surface area contributed by atoms with Crippen molar-refractivity contribution in [2.24, 2.45) is 5.92 Å². The van der Waals surface area contributed by atoms with E-state index in [1.807, 2.05) is 17.1 Å². The number of ether oxygens (including phenoxy) is 1. The van der Waals surface area contributed by atoms with Gasteiger partial charge in [0, 0.05) is 35.6 Å². The van der Waals surface area contributed by atoms with Gasteiger partial charge < -0.3 is 9.64 Å². The number of nitrogens with one attached hydrogen (secondary N) is 2. The molecule has 0 radical (unpaired) electrons. The second kappa shape index (κ2) is 13.6. The molecule has 0 aromatic heterocycles. The van der Waals surface area contributed by atoms with Crippen LogP contribution < -0.4 is 10.7 Å². The van der Waals surface area contributed by atoms with E-state index in [2.05, 4.69) is 36.4 Å². The molecule has 1 aliphatic heterocycles. The number of hydrazine groups is 1. The molecule has 3 rings (SSSR count). The molecule has 0 bridgehead atoms. The Bertz CT molecular complexity index is 904. The number of methoxy groups -OCH3 is 1. The molecule has 1 aromatic carbocycles. The van der Waals surface area contributed by atoms with E-state index in [4.69, 9.17) is 16.3 Å². The van der Waals surface area contributed by atoms with Crippen LogP contribution in [0, 0.1) is 5.92 Å². The van der Waals surface area contributed by atoms with Crippen molar-refractivity contribution in [2.45, 2.75) is 89.8 Å². The monoisotopic (exact) mass is 534 g/mol. The van der Waals surface area contributed by atoms with Crippen molar-refractivity contribution < 1.29 is 19.1 Å². The maximum absolute atomic E-state index is 13.6. The minimum Gasteiger partial charge on any atom is -0.468 e. The first-order chi connectivity index (χ1) is 17.6. The fourth-order valence-corrected chi connectivity index (χ4v) is 5.58. The van der Waals surface area contributed by atoms with Gasteiger partial charge in [-0.05, 0) is 70.6 Å². The number of carbonyl (C=O) groups is 3. The van der Waals surface area contributed by atoms with Gasteiger partial charge in [0.15, 0.2) is 0 Å². The van der Waals surface area contributed by atoms with Gasteiger partial charge in [-0.3, -0.25) is 25.1 Å². The number of halogens is 1. The van der Waals surface area contributed by atoms with Gasteiger partial charge in [-0.25, -0.2) is 5.01 Å². The zero-order valence-electron chi connectivity index (χ0n) is 22.7. The van der Waals surface area contributed by atoms with E-state index in [0.717, 1.165) is 18.4 Å². The van der Waals surface area contributed by atoms with Gasteiger partial charge in [0.05, 0.1) is 19.7 Å². The minimum atomic E-state index is -0.623. The largest absolute Gasteiger partial charge is 0.468 e. The first-order valence-electron chi connectivity index (χ1n) is 13.5. The van der Waals surface area contributed by atoms with E-state index in [-0.39, 0.29) is 29.8 Å². The van der Waals surface area contributed by atoms with Crippen LogP contribution in [0.3, 0.4) is 0 Å². The molecule has 2 amide bonds. The Hall–Kier alpha value is -2.16. The Morgan fingerprint density at radius 3 is 2.24 bits per heavy atom. The third-order valence-corrected chi connectivity index (χ3v) is 7.65. The second-order valence-electron chi connectivity index (χ2n) is 11.2. The molecule has 0 spiro atoms. The van der Waals surface area contributed by atoms with Crippen molar-refractivity contribution >= 4 is 29.4 Å². The molecule has 1 saturated carbocycles. The number of piperidine rings is 1. The number of nitrogens with zero attached hydrogens (tertiary/aromatic N) is 2. The first-order valence-corrected chi connectivity index (χ1v) is 13.9. The first kappa shape index (κ1) is 29.4. The second-order valence-corrected chi connectivity index (χ2v) is 11.7. The van der Waals surface area contributed by atoms with Crippen LogP contribution >= 0.6 is 11.6 Å². The summed E-state index contributed by atoms with van der Waals surface area (Å²) in [6, 6.07) is 7.00. The van der Waals surface area contributed by atoms with Crippen LogP contribution in [0.1, 0.15) is 71.3 Å². The van der Waals surface area contributed by atoms with Gasteiger partial charge in [0.25, 0.3) is 5.91 Å². The minimum absolute atomic E-state index is 0.0309. The van der Waals surface area contributed by atoms with Crippen LogP contribution in [0.25, 0.3) is 0 Å². The van der Waals surface area contributed by atoms with E-state index >= 15 is 0 Å². The number of esters is 1. The smallest absolute Gasteiger partial charge is 0.319 e. The highest BCUT2D eigenvalue weighted by Gasteiger charge is 2.38. The van der Waals surface area contributed by atoms with Crippen LogP contribution in [0.4, 0.5) is 0 Å². The van der Waals surface area contributed by atoms with E-state index in [1.165, 1.54) is 26.4 Å². The summed E-state index contributed by atoms with van der Waals surface area (Å²) in [5.41, 5.74) is 3.73. The molecule has 0 unspecified atom stereocenters. The maximum atomic E-state index is 13.6. The lowest BCUT2D eigenvalue weighted by Crippen LogP contribution is -2.57. The van der Waals surface area contributed by atoms with Crippen molar-refractivity contribution in [3.8, 4) is 0 Å². The average Bonchev–Trinajstić information content (AvgIpc) is 2.87. The third-order valence-electron chi connectivity index (χ3n) is 7.40. The Labute approximate surface area is 226 Å². The van der Waals surface area contributed by atoms with Gasteiger partial charge in [-0.15, -0.1) is 0 Å². The summed E-state index contributed by atoms with van der Waals surface area (Å²) >= 11 is 5.99. The van der Waals surface area contributed by atoms with Crippen LogP contribution in [0.15, 0.2) is 24.3 Å². The van der Waals surface area contributed by atoms with Crippen molar-refractivity contribution in [2.75, 3.05) is 26.7 Å². The predicted molar refractivity (Wildman–Crippen MR) is 145 cm³/mol. The highest BCUT2D eigenvalue weighted by Crippen LogP contribution is 2.31. The molecular formula is C28H43ClN4O4. The van der Waals surface area contributed by atoms with Gasteiger partial charge in [0.2, 0.25) is 5.91 Å². The molecule has 206 valence electrons. The SMILES string of the molecule is COC(=O)CN[C@H](Cc1ccc(Cl)cc1)C(=O)NN1CCC(C(=O)N(C2CCCCC2)C(C)(C)C)CC1. The number of hydrogen-bond donors (Lipinski definition) is 2. The predicted octanol–water partition coefficient (Wildman–Crippen LogP) is 3.72. The lowest BCUT2D eigenvalue weighted by atomic mass is 9.87. The van der Waals surface area contributed by atoms with E-state index in [0.29, 0.717) is 43.4 Å².